The highest BCUT2D eigenvalue weighted by atomic mass is 16.5. The first kappa shape index (κ1) is 15.3. The van der Waals surface area contributed by atoms with Gasteiger partial charge in [-0.05, 0) is 44.0 Å². The van der Waals surface area contributed by atoms with Crippen LogP contribution in [0.25, 0.3) is 11.4 Å². The van der Waals surface area contributed by atoms with Crippen molar-refractivity contribution in [1.29, 1.82) is 0 Å². The van der Waals surface area contributed by atoms with E-state index >= 15 is 0 Å². The third kappa shape index (κ3) is 3.51. The van der Waals surface area contributed by atoms with Gasteiger partial charge >= 0.3 is 0 Å². The molecule has 0 aliphatic rings. The van der Waals surface area contributed by atoms with Gasteiger partial charge in [-0.25, -0.2) is 9.97 Å². The van der Waals surface area contributed by atoms with Gasteiger partial charge in [-0.1, -0.05) is 13.8 Å². The van der Waals surface area contributed by atoms with E-state index in [2.05, 4.69) is 31.1 Å². The fourth-order valence-corrected chi connectivity index (χ4v) is 2.19. The lowest BCUT2D eigenvalue weighted by Crippen LogP contribution is -2.08. The quantitative estimate of drug-likeness (QED) is 0.876. The Kier molecular flexibility index (Phi) is 5.14. The smallest absolute Gasteiger partial charge is 0.161 e. The lowest BCUT2D eigenvalue weighted by molar-refractivity contribution is 0.415. The van der Waals surface area contributed by atoms with Crippen LogP contribution in [0.4, 0.5) is 5.82 Å². The van der Waals surface area contributed by atoms with Crippen molar-refractivity contribution in [2.75, 3.05) is 19.0 Å². The van der Waals surface area contributed by atoms with Gasteiger partial charge in [-0.3, -0.25) is 0 Å². The molecule has 2 rings (SSSR count). The predicted molar refractivity (Wildman–Crippen MR) is 86.9 cm³/mol. The Morgan fingerprint density at radius 3 is 2.38 bits per heavy atom. The van der Waals surface area contributed by atoms with E-state index in [9.17, 15) is 0 Å². The molecule has 4 nitrogen and oxygen atoms in total. The molecule has 0 bridgehead atoms. The molecule has 1 aromatic carbocycles. The summed E-state index contributed by atoms with van der Waals surface area (Å²) in [5.74, 6) is 2.54. The number of nitrogens with zero attached hydrogens (tertiary/aromatic N) is 2. The van der Waals surface area contributed by atoms with Crippen molar-refractivity contribution in [3.8, 4) is 17.1 Å². The topological polar surface area (TPSA) is 47.0 Å². The summed E-state index contributed by atoms with van der Waals surface area (Å²) in [6.45, 7) is 7.27. The maximum absolute atomic E-state index is 5.19. The van der Waals surface area contributed by atoms with Gasteiger partial charge in [0.25, 0.3) is 0 Å². The summed E-state index contributed by atoms with van der Waals surface area (Å²) in [6.07, 6.45) is 1.97. The van der Waals surface area contributed by atoms with Crippen molar-refractivity contribution in [2.24, 2.45) is 0 Å². The van der Waals surface area contributed by atoms with Crippen LogP contribution in [-0.4, -0.2) is 23.6 Å². The third-order valence-electron chi connectivity index (χ3n) is 3.47. The van der Waals surface area contributed by atoms with Crippen molar-refractivity contribution in [2.45, 2.75) is 33.6 Å². The van der Waals surface area contributed by atoms with Gasteiger partial charge < -0.3 is 10.1 Å². The fraction of sp³-hybridized carbons (Fsp3) is 0.412. The van der Waals surface area contributed by atoms with Gasteiger partial charge in [0.15, 0.2) is 5.82 Å². The van der Waals surface area contributed by atoms with Gasteiger partial charge in [0, 0.05) is 23.4 Å². The zero-order valence-corrected chi connectivity index (χ0v) is 13.2. The normalized spacial score (nSPS) is 10.5. The number of methoxy groups -OCH3 is 1. The Morgan fingerprint density at radius 1 is 1.10 bits per heavy atom. The van der Waals surface area contributed by atoms with Crippen LogP contribution in [0.1, 0.15) is 31.5 Å². The van der Waals surface area contributed by atoms with Crippen molar-refractivity contribution >= 4 is 5.82 Å². The molecule has 0 saturated heterocycles. The second kappa shape index (κ2) is 7.07. The summed E-state index contributed by atoms with van der Waals surface area (Å²) < 4.78 is 5.19. The van der Waals surface area contributed by atoms with Gasteiger partial charge in [-0.15, -0.1) is 0 Å². The second-order valence-corrected chi connectivity index (χ2v) is 4.98. The predicted octanol–water partition coefficient (Wildman–Crippen LogP) is 3.84. The molecular weight excluding hydrogens is 262 g/mol. The molecule has 0 radical (unpaired) electrons. The first-order valence-electron chi connectivity index (χ1n) is 7.45. The Balaban J connectivity index is 2.41. The summed E-state index contributed by atoms with van der Waals surface area (Å²) in [7, 11) is 1.67. The summed E-state index contributed by atoms with van der Waals surface area (Å²) in [5, 5.41) is 3.39. The molecule has 1 aromatic heterocycles. The lowest BCUT2D eigenvalue weighted by Gasteiger charge is -2.13. The van der Waals surface area contributed by atoms with Crippen LogP contribution >= 0.6 is 0 Å². The maximum Gasteiger partial charge on any atom is 0.161 e. The highest BCUT2D eigenvalue weighted by Crippen LogP contribution is 2.24. The summed E-state index contributed by atoms with van der Waals surface area (Å²) >= 11 is 0. The minimum Gasteiger partial charge on any atom is -0.497 e. The number of ether oxygens (including phenoxy) is 1. The van der Waals surface area contributed by atoms with E-state index in [0.717, 1.165) is 53.6 Å². The highest BCUT2D eigenvalue weighted by Gasteiger charge is 2.11. The molecule has 0 saturated carbocycles. The van der Waals surface area contributed by atoms with E-state index in [1.807, 2.05) is 24.3 Å². The zero-order valence-electron chi connectivity index (χ0n) is 13.2. The molecule has 1 N–H and O–H groups in total. The first-order valence-corrected chi connectivity index (χ1v) is 7.45. The standard InChI is InChI=1S/C17H23N3O/c1-5-11-18-16-12(3)15(6-2)19-17(20-16)13-7-9-14(21-4)10-8-13/h7-10H,5-6,11H2,1-4H3,(H,18,19,20). The Bertz CT molecular complexity index is 594. The van der Waals surface area contributed by atoms with Crippen molar-refractivity contribution in [3.63, 3.8) is 0 Å². The van der Waals surface area contributed by atoms with Crippen LogP contribution in [0.5, 0.6) is 5.75 Å². The molecule has 0 aliphatic carbocycles. The van der Waals surface area contributed by atoms with Gasteiger partial charge in [0.05, 0.1) is 7.11 Å². The number of aryl methyl sites for hydroxylation is 1. The molecule has 4 heteroatoms. The van der Waals surface area contributed by atoms with E-state index in [-0.39, 0.29) is 0 Å². The molecule has 0 atom stereocenters. The number of anilines is 1. The van der Waals surface area contributed by atoms with Gasteiger partial charge in [0.2, 0.25) is 0 Å². The number of benzene rings is 1. The van der Waals surface area contributed by atoms with Crippen LogP contribution in [-0.2, 0) is 6.42 Å². The fourth-order valence-electron chi connectivity index (χ4n) is 2.19. The molecule has 2 aromatic rings. The molecule has 0 amide bonds. The van der Waals surface area contributed by atoms with Gasteiger partial charge in [0.1, 0.15) is 11.6 Å². The van der Waals surface area contributed by atoms with Crippen LogP contribution in [0, 0.1) is 6.92 Å². The number of nitrogens with one attached hydrogen (secondary N) is 1. The van der Waals surface area contributed by atoms with Crippen LogP contribution in [0.2, 0.25) is 0 Å². The average Bonchev–Trinajstić information content (AvgIpc) is 2.54. The zero-order chi connectivity index (χ0) is 15.2. The molecule has 112 valence electrons. The number of hydrogen-bond donors (Lipinski definition) is 1. The van der Waals surface area contributed by atoms with Crippen molar-refractivity contribution < 1.29 is 4.74 Å². The second-order valence-electron chi connectivity index (χ2n) is 4.98. The van der Waals surface area contributed by atoms with E-state index in [4.69, 9.17) is 9.72 Å². The first-order chi connectivity index (χ1) is 10.2. The summed E-state index contributed by atoms with van der Waals surface area (Å²) in [5.41, 5.74) is 3.24. The molecule has 1 heterocycles. The van der Waals surface area contributed by atoms with E-state index in [1.165, 1.54) is 0 Å². The Hall–Kier alpha value is -2.10. The minimum absolute atomic E-state index is 0.763. The number of rotatable bonds is 6. The average molecular weight is 285 g/mol. The largest absolute Gasteiger partial charge is 0.497 e. The van der Waals surface area contributed by atoms with E-state index < -0.39 is 0 Å². The molecule has 0 aliphatic heterocycles. The van der Waals surface area contributed by atoms with E-state index in [1.54, 1.807) is 7.11 Å². The Labute approximate surface area is 126 Å². The van der Waals surface area contributed by atoms with Crippen molar-refractivity contribution in [3.05, 3.63) is 35.5 Å². The molecule has 0 spiro atoms. The molecule has 0 fully saturated rings. The summed E-state index contributed by atoms with van der Waals surface area (Å²) in [6, 6.07) is 7.85. The molecule has 21 heavy (non-hydrogen) atoms. The van der Waals surface area contributed by atoms with Crippen LogP contribution < -0.4 is 10.1 Å². The molecular formula is C17H23N3O. The van der Waals surface area contributed by atoms with Crippen molar-refractivity contribution in [1.82, 2.24) is 9.97 Å². The highest BCUT2D eigenvalue weighted by molar-refractivity contribution is 5.60. The maximum atomic E-state index is 5.19. The van der Waals surface area contributed by atoms with Gasteiger partial charge in [-0.2, -0.15) is 0 Å². The third-order valence-corrected chi connectivity index (χ3v) is 3.47. The Morgan fingerprint density at radius 2 is 1.81 bits per heavy atom. The van der Waals surface area contributed by atoms with E-state index in [0.29, 0.717) is 0 Å². The number of aromatic nitrogens is 2. The lowest BCUT2D eigenvalue weighted by atomic mass is 10.1. The van der Waals surface area contributed by atoms with Crippen LogP contribution in [0.15, 0.2) is 24.3 Å². The van der Waals surface area contributed by atoms with Crippen LogP contribution in [0.3, 0.4) is 0 Å². The minimum atomic E-state index is 0.763. The molecule has 0 unspecified atom stereocenters. The monoisotopic (exact) mass is 285 g/mol. The SMILES string of the molecule is CCCNc1nc(-c2ccc(OC)cc2)nc(CC)c1C. The number of hydrogen-bond acceptors (Lipinski definition) is 4. The summed E-state index contributed by atoms with van der Waals surface area (Å²) in [4.78, 5) is 9.37.